The number of carbonyl (C=O) groups excluding carboxylic acids is 1. The molecule has 0 spiro atoms. The summed E-state index contributed by atoms with van der Waals surface area (Å²) < 4.78 is 0. The molecule has 3 heteroatoms. The fraction of sp³-hybridized carbons (Fsp3) is 0.562. The summed E-state index contributed by atoms with van der Waals surface area (Å²) in [6, 6.07) is 8.25. The molecule has 0 atom stereocenters. The third-order valence-corrected chi connectivity index (χ3v) is 3.65. The molecule has 1 aliphatic heterocycles. The predicted octanol–water partition coefficient (Wildman–Crippen LogP) is 2.91. The Kier molecular flexibility index (Phi) is 3.95. The van der Waals surface area contributed by atoms with Crippen molar-refractivity contribution in [3.8, 4) is 0 Å². The van der Waals surface area contributed by atoms with Gasteiger partial charge in [0.2, 0.25) is 5.91 Å². The Morgan fingerprint density at radius 2 is 1.95 bits per heavy atom. The average molecular weight is 260 g/mol. The average Bonchev–Trinajstić information content (AvgIpc) is 2.48. The predicted molar refractivity (Wildman–Crippen MR) is 79.6 cm³/mol. The summed E-state index contributed by atoms with van der Waals surface area (Å²) in [5.41, 5.74) is 2.27. The third-order valence-electron chi connectivity index (χ3n) is 3.65. The van der Waals surface area contributed by atoms with Crippen LogP contribution in [-0.4, -0.2) is 24.5 Å². The van der Waals surface area contributed by atoms with Crippen LogP contribution < -0.4 is 10.2 Å². The molecule has 104 valence electrons. The second-order valence-electron chi connectivity index (χ2n) is 6.25. The SMILES string of the molecule is CC(C)c1ccccc1N1CC(C)(C)NCCC1=O. The first-order valence-corrected chi connectivity index (χ1v) is 7.05. The van der Waals surface area contributed by atoms with Gasteiger partial charge >= 0.3 is 0 Å². The molecule has 1 heterocycles. The van der Waals surface area contributed by atoms with Crippen LogP contribution in [-0.2, 0) is 4.79 Å². The van der Waals surface area contributed by atoms with Gasteiger partial charge in [-0.2, -0.15) is 0 Å². The van der Waals surface area contributed by atoms with Crippen molar-refractivity contribution in [1.29, 1.82) is 0 Å². The summed E-state index contributed by atoms with van der Waals surface area (Å²) in [4.78, 5) is 14.3. The Morgan fingerprint density at radius 3 is 2.63 bits per heavy atom. The number of nitrogens with one attached hydrogen (secondary N) is 1. The first-order valence-electron chi connectivity index (χ1n) is 7.05. The molecular formula is C16H24N2O. The number of amides is 1. The van der Waals surface area contributed by atoms with Crippen LogP contribution in [0.3, 0.4) is 0 Å². The van der Waals surface area contributed by atoms with Crippen LogP contribution in [0.2, 0.25) is 0 Å². The monoisotopic (exact) mass is 260 g/mol. The van der Waals surface area contributed by atoms with E-state index in [1.54, 1.807) is 0 Å². The van der Waals surface area contributed by atoms with Gasteiger partial charge in [0, 0.05) is 30.7 Å². The van der Waals surface area contributed by atoms with Gasteiger partial charge in [0.25, 0.3) is 0 Å². The lowest BCUT2D eigenvalue weighted by Gasteiger charge is -2.32. The molecule has 1 aromatic rings. The van der Waals surface area contributed by atoms with E-state index in [1.807, 2.05) is 17.0 Å². The highest BCUT2D eigenvalue weighted by molar-refractivity contribution is 5.94. The van der Waals surface area contributed by atoms with Gasteiger partial charge in [-0.1, -0.05) is 32.0 Å². The molecule has 1 saturated heterocycles. The first-order chi connectivity index (χ1) is 8.91. The molecule has 0 saturated carbocycles. The Labute approximate surface area is 116 Å². The molecule has 0 unspecified atom stereocenters. The Balaban J connectivity index is 2.40. The van der Waals surface area contributed by atoms with Gasteiger partial charge in [0.05, 0.1) is 0 Å². The van der Waals surface area contributed by atoms with Crippen molar-refractivity contribution < 1.29 is 4.79 Å². The number of hydrogen-bond donors (Lipinski definition) is 1. The van der Waals surface area contributed by atoms with Crippen molar-refractivity contribution in [2.24, 2.45) is 0 Å². The summed E-state index contributed by atoms with van der Waals surface area (Å²) >= 11 is 0. The van der Waals surface area contributed by atoms with Gasteiger partial charge in [-0.15, -0.1) is 0 Å². The molecule has 1 fully saturated rings. The minimum absolute atomic E-state index is 0.0454. The van der Waals surface area contributed by atoms with E-state index in [0.717, 1.165) is 18.8 Å². The Hall–Kier alpha value is -1.35. The van der Waals surface area contributed by atoms with Crippen LogP contribution in [0.25, 0.3) is 0 Å². The minimum atomic E-state index is -0.0454. The Bertz CT molecular complexity index is 466. The summed E-state index contributed by atoms with van der Waals surface area (Å²) in [5, 5.41) is 3.44. The number of rotatable bonds is 2. The molecule has 19 heavy (non-hydrogen) atoms. The quantitative estimate of drug-likeness (QED) is 0.886. The van der Waals surface area contributed by atoms with E-state index in [2.05, 4.69) is 45.1 Å². The molecule has 1 aromatic carbocycles. The van der Waals surface area contributed by atoms with Crippen molar-refractivity contribution in [2.75, 3.05) is 18.0 Å². The fourth-order valence-electron chi connectivity index (χ4n) is 2.62. The van der Waals surface area contributed by atoms with E-state index < -0.39 is 0 Å². The standard InChI is InChI=1S/C16H24N2O/c1-12(2)13-7-5-6-8-14(13)18-11-16(3,4)17-10-9-15(18)19/h5-8,12,17H,9-11H2,1-4H3. The van der Waals surface area contributed by atoms with E-state index in [4.69, 9.17) is 0 Å². The van der Waals surface area contributed by atoms with Crippen molar-refractivity contribution >= 4 is 11.6 Å². The summed E-state index contributed by atoms with van der Waals surface area (Å²) in [5.74, 6) is 0.634. The maximum Gasteiger partial charge on any atom is 0.228 e. The molecule has 1 amide bonds. The lowest BCUT2D eigenvalue weighted by molar-refractivity contribution is -0.118. The topological polar surface area (TPSA) is 32.3 Å². The summed E-state index contributed by atoms with van der Waals surface area (Å²) in [6.07, 6.45) is 0.565. The zero-order valence-corrected chi connectivity index (χ0v) is 12.4. The molecule has 2 rings (SSSR count). The van der Waals surface area contributed by atoms with Crippen molar-refractivity contribution in [2.45, 2.75) is 45.6 Å². The zero-order valence-electron chi connectivity index (χ0n) is 12.4. The maximum atomic E-state index is 12.4. The second kappa shape index (κ2) is 5.33. The van der Waals surface area contributed by atoms with Crippen LogP contribution in [0.4, 0.5) is 5.69 Å². The molecule has 1 N–H and O–H groups in total. The minimum Gasteiger partial charge on any atom is -0.310 e. The molecule has 0 aromatic heterocycles. The van der Waals surface area contributed by atoms with Crippen molar-refractivity contribution in [3.63, 3.8) is 0 Å². The van der Waals surface area contributed by atoms with Crippen LogP contribution >= 0.6 is 0 Å². The number of anilines is 1. The zero-order chi connectivity index (χ0) is 14.0. The molecule has 0 aliphatic carbocycles. The molecular weight excluding hydrogens is 236 g/mol. The highest BCUT2D eigenvalue weighted by atomic mass is 16.2. The highest BCUT2D eigenvalue weighted by Gasteiger charge is 2.30. The van der Waals surface area contributed by atoms with Gasteiger partial charge in [0.15, 0.2) is 0 Å². The lowest BCUT2D eigenvalue weighted by Crippen LogP contribution is -2.47. The third kappa shape index (κ3) is 3.16. The van der Waals surface area contributed by atoms with E-state index in [1.165, 1.54) is 5.56 Å². The van der Waals surface area contributed by atoms with Gasteiger partial charge in [0.1, 0.15) is 0 Å². The fourth-order valence-corrected chi connectivity index (χ4v) is 2.62. The second-order valence-corrected chi connectivity index (χ2v) is 6.25. The number of carbonyl (C=O) groups is 1. The molecule has 0 bridgehead atoms. The normalized spacial score (nSPS) is 19.6. The summed E-state index contributed by atoms with van der Waals surface area (Å²) in [7, 11) is 0. The van der Waals surface area contributed by atoms with Crippen molar-refractivity contribution in [1.82, 2.24) is 5.32 Å². The number of benzene rings is 1. The van der Waals surface area contributed by atoms with Gasteiger partial charge in [-0.25, -0.2) is 0 Å². The van der Waals surface area contributed by atoms with Crippen LogP contribution in [0.15, 0.2) is 24.3 Å². The van der Waals surface area contributed by atoms with E-state index in [9.17, 15) is 4.79 Å². The van der Waals surface area contributed by atoms with Gasteiger partial charge < -0.3 is 10.2 Å². The number of nitrogens with zero attached hydrogens (tertiary/aromatic N) is 1. The number of para-hydroxylation sites is 1. The van der Waals surface area contributed by atoms with Crippen LogP contribution in [0.1, 0.15) is 45.6 Å². The largest absolute Gasteiger partial charge is 0.310 e. The highest BCUT2D eigenvalue weighted by Crippen LogP contribution is 2.29. The van der Waals surface area contributed by atoms with E-state index >= 15 is 0 Å². The molecule has 0 radical (unpaired) electrons. The van der Waals surface area contributed by atoms with E-state index in [0.29, 0.717) is 12.3 Å². The Morgan fingerprint density at radius 1 is 1.26 bits per heavy atom. The van der Waals surface area contributed by atoms with Crippen molar-refractivity contribution in [3.05, 3.63) is 29.8 Å². The lowest BCUT2D eigenvalue weighted by atomic mass is 9.99. The van der Waals surface area contributed by atoms with E-state index in [-0.39, 0.29) is 11.4 Å². The smallest absolute Gasteiger partial charge is 0.228 e. The summed E-state index contributed by atoms with van der Waals surface area (Å²) in [6.45, 7) is 10.1. The molecule has 3 nitrogen and oxygen atoms in total. The maximum absolute atomic E-state index is 12.4. The number of hydrogen-bond acceptors (Lipinski definition) is 2. The van der Waals surface area contributed by atoms with Gasteiger partial charge in [-0.3, -0.25) is 4.79 Å². The van der Waals surface area contributed by atoms with Gasteiger partial charge in [-0.05, 0) is 31.4 Å². The van der Waals surface area contributed by atoms with Crippen LogP contribution in [0.5, 0.6) is 0 Å². The first kappa shape index (κ1) is 14.1. The molecule has 1 aliphatic rings. The van der Waals surface area contributed by atoms with Crippen LogP contribution in [0, 0.1) is 0 Å².